The van der Waals surface area contributed by atoms with Crippen LogP contribution in [-0.4, -0.2) is 62.4 Å². The van der Waals surface area contributed by atoms with E-state index in [0.29, 0.717) is 23.4 Å². The summed E-state index contributed by atoms with van der Waals surface area (Å²) >= 11 is 1.33. The number of carbonyl (C=O) groups is 2. The number of hydrogen-bond acceptors (Lipinski definition) is 7. The maximum atomic E-state index is 12.6. The van der Waals surface area contributed by atoms with Crippen molar-refractivity contribution in [3.8, 4) is 12.3 Å². The number of ether oxygens (including phenoxy) is 1. The quantitative estimate of drug-likeness (QED) is 0.504. The third kappa shape index (κ3) is 5.34. The SMILES string of the molecule is C#CCN(CC(=O)Nc1sc(C)c(CC)c1C(=O)OCC)C1CCS(=O)(=O)C1. The second kappa shape index (κ2) is 9.54. The van der Waals surface area contributed by atoms with Gasteiger partial charge < -0.3 is 10.1 Å². The predicted octanol–water partition coefficient (Wildman–Crippen LogP) is 1.86. The van der Waals surface area contributed by atoms with Crippen LogP contribution in [0.2, 0.25) is 0 Å². The fourth-order valence-electron chi connectivity index (χ4n) is 3.36. The molecule has 1 fully saturated rings. The Balaban J connectivity index is 2.17. The molecule has 1 N–H and O–H groups in total. The van der Waals surface area contributed by atoms with Crippen molar-refractivity contribution >= 4 is 38.1 Å². The van der Waals surface area contributed by atoms with Crippen molar-refractivity contribution < 1.29 is 22.7 Å². The Morgan fingerprint density at radius 3 is 2.64 bits per heavy atom. The first-order chi connectivity index (χ1) is 13.2. The molecule has 1 saturated heterocycles. The van der Waals surface area contributed by atoms with Crippen molar-refractivity contribution in [2.45, 2.75) is 39.7 Å². The number of rotatable bonds is 8. The van der Waals surface area contributed by atoms with Crippen LogP contribution >= 0.6 is 11.3 Å². The van der Waals surface area contributed by atoms with Gasteiger partial charge in [0.1, 0.15) is 5.00 Å². The molecular weight excluding hydrogens is 400 g/mol. The molecule has 28 heavy (non-hydrogen) atoms. The van der Waals surface area contributed by atoms with Crippen LogP contribution in [0.15, 0.2) is 0 Å². The summed E-state index contributed by atoms with van der Waals surface area (Å²) in [6, 6.07) is -0.271. The minimum absolute atomic E-state index is 0.00806. The van der Waals surface area contributed by atoms with Gasteiger partial charge >= 0.3 is 5.97 Å². The molecule has 2 heterocycles. The molecule has 1 aromatic heterocycles. The summed E-state index contributed by atoms with van der Waals surface area (Å²) in [5, 5.41) is 3.25. The lowest BCUT2D eigenvalue weighted by molar-refractivity contribution is -0.117. The van der Waals surface area contributed by atoms with Crippen LogP contribution in [0.3, 0.4) is 0 Å². The standard InChI is InChI=1S/C19H26N2O5S2/c1-5-9-21(14-8-10-28(24,25)12-14)11-16(22)20-18-17(19(23)26-7-3)15(6-2)13(4)27-18/h1,14H,6-12H2,2-4H3,(H,20,22). The lowest BCUT2D eigenvalue weighted by Gasteiger charge is -2.25. The highest BCUT2D eigenvalue weighted by atomic mass is 32.2. The van der Waals surface area contributed by atoms with Crippen molar-refractivity contribution in [2.24, 2.45) is 0 Å². The van der Waals surface area contributed by atoms with Gasteiger partial charge in [-0.1, -0.05) is 12.8 Å². The summed E-state index contributed by atoms with van der Waals surface area (Å²) in [6.45, 7) is 5.96. The van der Waals surface area contributed by atoms with Crippen LogP contribution in [0.4, 0.5) is 5.00 Å². The number of nitrogens with one attached hydrogen (secondary N) is 1. The summed E-state index contributed by atoms with van der Waals surface area (Å²) in [6.07, 6.45) is 6.51. The molecule has 1 unspecified atom stereocenters. The third-order valence-corrected chi connectivity index (χ3v) is 7.47. The third-order valence-electron chi connectivity index (χ3n) is 4.66. The first-order valence-corrected chi connectivity index (χ1v) is 11.8. The average molecular weight is 427 g/mol. The van der Waals surface area contributed by atoms with Crippen molar-refractivity contribution in [1.29, 1.82) is 0 Å². The van der Waals surface area contributed by atoms with Gasteiger partial charge in [-0.25, -0.2) is 13.2 Å². The Bertz CT molecular complexity index is 883. The second-order valence-corrected chi connectivity index (χ2v) is 10.1. The molecule has 7 nitrogen and oxygen atoms in total. The average Bonchev–Trinajstić information content (AvgIpc) is 3.13. The van der Waals surface area contributed by atoms with Gasteiger partial charge in [0.2, 0.25) is 5.91 Å². The van der Waals surface area contributed by atoms with Crippen LogP contribution in [-0.2, 0) is 25.8 Å². The van der Waals surface area contributed by atoms with Crippen molar-refractivity contribution in [3.05, 3.63) is 16.0 Å². The van der Waals surface area contributed by atoms with Crippen LogP contribution in [0.25, 0.3) is 0 Å². The maximum absolute atomic E-state index is 12.6. The summed E-state index contributed by atoms with van der Waals surface area (Å²) in [7, 11) is -3.08. The molecule has 0 aliphatic carbocycles. The van der Waals surface area contributed by atoms with Crippen molar-refractivity contribution in [3.63, 3.8) is 0 Å². The summed E-state index contributed by atoms with van der Waals surface area (Å²) in [5.41, 5.74) is 1.26. The molecule has 0 spiro atoms. The molecule has 1 aliphatic heterocycles. The predicted molar refractivity (Wildman–Crippen MR) is 110 cm³/mol. The number of terminal acetylenes is 1. The van der Waals surface area contributed by atoms with Crippen molar-refractivity contribution in [1.82, 2.24) is 4.90 Å². The summed E-state index contributed by atoms with van der Waals surface area (Å²) in [5.74, 6) is 1.81. The molecule has 0 bridgehead atoms. The van der Waals surface area contributed by atoms with Gasteiger partial charge in [-0.2, -0.15) is 0 Å². The van der Waals surface area contributed by atoms with E-state index in [0.717, 1.165) is 10.4 Å². The molecule has 0 saturated carbocycles. The van der Waals surface area contributed by atoms with Gasteiger partial charge in [0.15, 0.2) is 9.84 Å². The van der Waals surface area contributed by atoms with E-state index in [4.69, 9.17) is 11.2 Å². The second-order valence-electron chi connectivity index (χ2n) is 6.63. The maximum Gasteiger partial charge on any atom is 0.341 e. The van der Waals surface area contributed by atoms with E-state index in [1.54, 1.807) is 11.8 Å². The normalized spacial score (nSPS) is 18.0. The number of sulfone groups is 1. The molecule has 1 atom stereocenters. The van der Waals surface area contributed by atoms with Gasteiger partial charge in [-0.15, -0.1) is 17.8 Å². The number of thiophene rings is 1. The zero-order valence-electron chi connectivity index (χ0n) is 16.4. The number of nitrogens with zero attached hydrogens (tertiary/aromatic N) is 1. The topological polar surface area (TPSA) is 92.8 Å². The van der Waals surface area contributed by atoms with Crippen LogP contribution in [0.5, 0.6) is 0 Å². The lowest BCUT2D eigenvalue weighted by Crippen LogP contribution is -2.41. The number of esters is 1. The van der Waals surface area contributed by atoms with E-state index in [9.17, 15) is 18.0 Å². The van der Waals surface area contributed by atoms with Crippen molar-refractivity contribution in [2.75, 3.05) is 36.5 Å². The fourth-order valence-corrected chi connectivity index (χ4v) is 6.27. The molecule has 154 valence electrons. The van der Waals surface area contributed by atoms with Crippen LogP contribution in [0.1, 0.15) is 41.1 Å². The van der Waals surface area contributed by atoms with Gasteiger partial charge in [-0.05, 0) is 32.3 Å². The van der Waals surface area contributed by atoms with E-state index in [-0.39, 0.29) is 43.2 Å². The fraction of sp³-hybridized carbons (Fsp3) is 0.579. The van der Waals surface area contributed by atoms with E-state index in [1.807, 2.05) is 13.8 Å². The minimum atomic E-state index is -3.08. The largest absolute Gasteiger partial charge is 0.462 e. The highest BCUT2D eigenvalue weighted by Gasteiger charge is 2.33. The number of carbonyl (C=O) groups excluding carboxylic acids is 2. The molecule has 9 heteroatoms. The van der Waals surface area contributed by atoms with E-state index >= 15 is 0 Å². The molecule has 2 rings (SSSR count). The Labute approximate surface area is 170 Å². The zero-order valence-corrected chi connectivity index (χ0v) is 18.0. The number of aryl methyl sites for hydroxylation is 1. The molecule has 1 amide bonds. The van der Waals surface area contributed by atoms with E-state index in [2.05, 4.69) is 11.2 Å². The molecule has 1 aliphatic rings. The Morgan fingerprint density at radius 1 is 1.39 bits per heavy atom. The molecule has 1 aromatic rings. The minimum Gasteiger partial charge on any atom is -0.462 e. The Kier molecular flexibility index (Phi) is 7.63. The highest BCUT2D eigenvalue weighted by Crippen LogP contribution is 2.34. The zero-order chi connectivity index (χ0) is 20.9. The monoisotopic (exact) mass is 426 g/mol. The number of hydrogen-bond donors (Lipinski definition) is 1. The molecule has 0 aromatic carbocycles. The molecular formula is C19H26N2O5S2. The highest BCUT2D eigenvalue weighted by molar-refractivity contribution is 7.91. The molecule has 0 radical (unpaired) electrons. The van der Waals surface area contributed by atoms with Crippen LogP contribution < -0.4 is 5.32 Å². The van der Waals surface area contributed by atoms with E-state index in [1.165, 1.54) is 11.3 Å². The first-order valence-electron chi connectivity index (χ1n) is 9.19. The Morgan fingerprint density at radius 2 is 2.11 bits per heavy atom. The van der Waals surface area contributed by atoms with E-state index < -0.39 is 15.8 Å². The summed E-state index contributed by atoms with van der Waals surface area (Å²) in [4.78, 5) is 27.7. The Hall–Kier alpha value is -1.89. The van der Waals surface area contributed by atoms with Gasteiger partial charge in [-0.3, -0.25) is 9.69 Å². The first kappa shape index (κ1) is 22.4. The van der Waals surface area contributed by atoms with Crippen LogP contribution in [0, 0.1) is 19.3 Å². The van der Waals surface area contributed by atoms with Gasteiger partial charge in [0.25, 0.3) is 0 Å². The lowest BCUT2D eigenvalue weighted by atomic mass is 10.1. The summed E-state index contributed by atoms with van der Waals surface area (Å²) < 4.78 is 28.6. The van der Waals surface area contributed by atoms with Gasteiger partial charge in [0, 0.05) is 10.9 Å². The van der Waals surface area contributed by atoms with Gasteiger partial charge in [0.05, 0.1) is 36.8 Å². The number of amides is 1. The smallest absolute Gasteiger partial charge is 0.341 e. The number of anilines is 1.